The quantitative estimate of drug-likeness (QED) is 0.750. The maximum absolute atomic E-state index is 13.5. The van der Waals surface area contributed by atoms with E-state index in [9.17, 15) is 4.79 Å². The zero-order chi connectivity index (χ0) is 17.6. The lowest BCUT2D eigenvalue weighted by molar-refractivity contribution is 0.0693. The number of para-hydroxylation sites is 1. The average Bonchev–Trinajstić information content (AvgIpc) is 3.08. The third-order valence-corrected chi connectivity index (χ3v) is 6.76. The fourth-order valence-corrected chi connectivity index (χ4v) is 5.09. The number of hydrogen-bond acceptors (Lipinski definition) is 4. The van der Waals surface area contributed by atoms with Crippen molar-refractivity contribution in [3.63, 3.8) is 0 Å². The second-order valence-corrected chi connectivity index (χ2v) is 8.32. The molecule has 5 heteroatoms. The van der Waals surface area contributed by atoms with Gasteiger partial charge in [-0.15, -0.1) is 0 Å². The largest absolute Gasteiger partial charge is 0.463 e. The Morgan fingerprint density at radius 2 is 2.12 bits per heavy atom. The number of thiophene rings is 1. The van der Waals surface area contributed by atoms with E-state index in [1.54, 1.807) is 17.6 Å². The van der Waals surface area contributed by atoms with Crippen molar-refractivity contribution in [1.82, 2.24) is 10.2 Å². The summed E-state index contributed by atoms with van der Waals surface area (Å²) in [5.41, 5.74) is 2.99. The lowest BCUT2D eigenvalue weighted by atomic mass is 9.93. The molecule has 1 unspecified atom stereocenters. The zero-order valence-corrected chi connectivity index (χ0v) is 15.4. The zero-order valence-electron chi connectivity index (χ0n) is 14.6. The van der Waals surface area contributed by atoms with Crippen LogP contribution in [0.25, 0.3) is 11.0 Å². The van der Waals surface area contributed by atoms with E-state index in [0.29, 0.717) is 23.6 Å². The lowest BCUT2D eigenvalue weighted by Gasteiger charge is -2.29. The number of amides is 1. The number of carbonyl (C=O) groups excluding carboxylic acids is 1. The summed E-state index contributed by atoms with van der Waals surface area (Å²) in [7, 11) is 0. The minimum absolute atomic E-state index is 0.0987. The summed E-state index contributed by atoms with van der Waals surface area (Å²) in [5.74, 6) is 0.0987. The molecule has 2 aromatic heterocycles. The normalized spacial score (nSPS) is 21.2. The van der Waals surface area contributed by atoms with Crippen LogP contribution in [0.15, 0.2) is 51.8 Å². The van der Waals surface area contributed by atoms with Crippen molar-refractivity contribution in [2.24, 2.45) is 5.41 Å². The van der Waals surface area contributed by atoms with Crippen LogP contribution in [-0.2, 0) is 6.54 Å². The molecule has 4 nitrogen and oxygen atoms in total. The van der Waals surface area contributed by atoms with Crippen molar-refractivity contribution in [3.05, 3.63) is 58.5 Å². The van der Waals surface area contributed by atoms with Crippen molar-refractivity contribution in [2.75, 3.05) is 13.1 Å². The molecule has 3 aromatic rings. The number of carbonyl (C=O) groups is 1. The molecule has 2 fully saturated rings. The smallest absolute Gasteiger partial charge is 0.258 e. The molecule has 1 saturated carbocycles. The Labute approximate surface area is 156 Å². The van der Waals surface area contributed by atoms with E-state index < -0.39 is 0 Å². The minimum atomic E-state index is 0.0987. The topological polar surface area (TPSA) is 45.5 Å². The van der Waals surface area contributed by atoms with Crippen molar-refractivity contribution in [2.45, 2.75) is 31.8 Å². The summed E-state index contributed by atoms with van der Waals surface area (Å²) in [6.07, 6.45) is 5.08. The van der Waals surface area contributed by atoms with Crippen LogP contribution in [0.1, 0.15) is 35.2 Å². The molecule has 2 aliphatic rings. The number of furan rings is 1. The molecule has 1 aliphatic heterocycles. The molecule has 1 spiro atoms. The average molecular weight is 366 g/mol. The predicted octanol–water partition coefficient (Wildman–Crippen LogP) is 4.28. The van der Waals surface area contributed by atoms with Gasteiger partial charge in [0.2, 0.25) is 0 Å². The Hall–Kier alpha value is -2.11. The Morgan fingerprint density at radius 1 is 1.27 bits per heavy atom. The monoisotopic (exact) mass is 366 g/mol. The van der Waals surface area contributed by atoms with Crippen LogP contribution in [0.2, 0.25) is 0 Å². The Morgan fingerprint density at radius 3 is 2.92 bits per heavy atom. The molecule has 1 saturated heterocycles. The third kappa shape index (κ3) is 2.66. The number of fused-ring (bicyclic) bond motifs is 1. The molecule has 3 heterocycles. The van der Waals surface area contributed by atoms with Crippen LogP contribution in [-0.4, -0.2) is 29.9 Å². The molecule has 1 N–H and O–H groups in total. The molecule has 26 heavy (non-hydrogen) atoms. The highest BCUT2D eigenvalue weighted by atomic mass is 32.1. The van der Waals surface area contributed by atoms with E-state index in [1.165, 1.54) is 5.56 Å². The van der Waals surface area contributed by atoms with Gasteiger partial charge >= 0.3 is 0 Å². The van der Waals surface area contributed by atoms with Gasteiger partial charge in [0.25, 0.3) is 5.91 Å². The number of piperidine rings is 1. The highest BCUT2D eigenvalue weighted by Crippen LogP contribution is 2.56. The van der Waals surface area contributed by atoms with Crippen LogP contribution in [0.5, 0.6) is 0 Å². The van der Waals surface area contributed by atoms with Gasteiger partial charge < -0.3 is 14.6 Å². The first-order valence-corrected chi connectivity index (χ1v) is 10.2. The number of benzene rings is 1. The van der Waals surface area contributed by atoms with Gasteiger partial charge in [-0.2, -0.15) is 11.3 Å². The summed E-state index contributed by atoms with van der Waals surface area (Å²) >= 11 is 1.69. The van der Waals surface area contributed by atoms with Crippen molar-refractivity contribution >= 4 is 28.2 Å². The van der Waals surface area contributed by atoms with Crippen LogP contribution in [0.4, 0.5) is 0 Å². The molecular weight excluding hydrogens is 344 g/mol. The first-order chi connectivity index (χ1) is 12.8. The first kappa shape index (κ1) is 16.1. The molecule has 1 amide bonds. The van der Waals surface area contributed by atoms with Gasteiger partial charge in [-0.1, -0.05) is 18.2 Å². The van der Waals surface area contributed by atoms with Gasteiger partial charge in [0.1, 0.15) is 11.8 Å². The van der Waals surface area contributed by atoms with Crippen LogP contribution in [0.3, 0.4) is 0 Å². The number of nitrogens with zero attached hydrogens (tertiary/aromatic N) is 1. The summed E-state index contributed by atoms with van der Waals surface area (Å²) in [6.45, 7) is 2.80. The van der Waals surface area contributed by atoms with Gasteiger partial charge in [-0.3, -0.25) is 4.79 Å². The fraction of sp³-hybridized carbons (Fsp3) is 0.381. The molecule has 1 aliphatic carbocycles. The van der Waals surface area contributed by atoms with Gasteiger partial charge in [-0.05, 0) is 66.2 Å². The lowest BCUT2D eigenvalue weighted by Crippen LogP contribution is -2.39. The van der Waals surface area contributed by atoms with Crippen molar-refractivity contribution in [3.8, 4) is 0 Å². The predicted molar refractivity (Wildman–Crippen MR) is 103 cm³/mol. The maximum atomic E-state index is 13.5. The highest BCUT2D eigenvalue weighted by Gasteiger charge is 2.57. The number of rotatable bonds is 4. The fourth-order valence-electron chi connectivity index (χ4n) is 4.43. The van der Waals surface area contributed by atoms with E-state index in [-0.39, 0.29) is 5.91 Å². The van der Waals surface area contributed by atoms with E-state index in [1.807, 2.05) is 24.3 Å². The van der Waals surface area contributed by atoms with E-state index in [0.717, 1.165) is 43.3 Å². The standard InChI is InChI=1S/C21H22N2O2S/c24-20(17-13-25-18-4-2-1-3-16(17)18)23(12-15-5-10-26-14-15)19-11-21(19)6-8-22-9-7-21/h1-5,10,13-14,19,22H,6-9,11-12H2. The summed E-state index contributed by atoms with van der Waals surface area (Å²) < 4.78 is 5.64. The minimum Gasteiger partial charge on any atom is -0.463 e. The first-order valence-electron chi connectivity index (χ1n) is 9.26. The van der Waals surface area contributed by atoms with E-state index in [4.69, 9.17) is 4.42 Å². The number of nitrogens with one attached hydrogen (secondary N) is 1. The molecule has 0 bridgehead atoms. The van der Waals surface area contributed by atoms with Crippen molar-refractivity contribution in [1.29, 1.82) is 0 Å². The van der Waals surface area contributed by atoms with E-state index >= 15 is 0 Å². The number of hydrogen-bond donors (Lipinski definition) is 1. The van der Waals surface area contributed by atoms with Gasteiger partial charge in [0.15, 0.2) is 0 Å². The molecular formula is C21H22N2O2S. The third-order valence-electron chi connectivity index (χ3n) is 6.03. The summed E-state index contributed by atoms with van der Waals surface area (Å²) in [4.78, 5) is 15.6. The van der Waals surface area contributed by atoms with Gasteiger partial charge in [0, 0.05) is 18.0 Å². The summed E-state index contributed by atoms with van der Waals surface area (Å²) in [5, 5.41) is 8.59. The Bertz CT molecular complexity index is 925. The summed E-state index contributed by atoms with van der Waals surface area (Å²) in [6, 6.07) is 10.3. The van der Waals surface area contributed by atoms with Gasteiger partial charge in [-0.25, -0.2) is 0 Å². The molecule has 1 aromatic carbocycles. The highest BCUT2D eigenvalue weighted by molar-refractivity contribution is 7.07. The maximum Gasteiger partial charge on any atom is 0.258 e. The SMILES string of the molecule is O=C(c1coc2ccccc12)N(Cc1ccsc1)C1CC12CCNCC2. The second-order valence-electron chi connectivity index (χ2n) is 7.54. The molecule has 0 radical (unpaired) electrons. The van der Waals surface area contributed by atoms with Crippen LogP contribution < -0.4 is 5.32 Å². The molecule has 5 rings (SSSR count). The molecule has 134 valence electrons. The second kappa shape index (κ2) is 6.25. The molecule has 1 atom stereocenters. The van der Waals surface area contributed by atoms with Crippen LogP contribution >= 0.6 is 11.3 Å². The van der Waals surface area contributed by atoms with Crippen LogP contribution in [0, 0.1) is 5.41 Å². The Balaban J connectivity index is 1.48. The Kier molecular flexibility index (Phi) is 3.87. The van der Waals surface area contributed by atoms with Gasteiger partial charge in [0.05, 0.1) is 5.56 Å². The van der Waals surface area contributed by atoms with Crippen molar-refractivity contribution < 1.29 is 9.21 Å². The van der Waals surface area contributed by atoms with E-state index in [2.05, 4.69) is 27.0 Å².